The van der Waals surface area contributed by atoms with Crippen molar-refractivity contribution in [2.24, 2.45) is 5.92 Å². The molecule has 4 heterocycles. The molecular formula is C30H40N6O. The third kappa shape index (κ3) is 4.89. The molecule has 7 heteroatoms. The van der Waals surface area contributed by atoms with Gasteiger partial charge in [-0.15, -0.1) is 0 Å². The number of rotatable bonds is 7. The molecule has 1 aliphatic rings. The molecule has 0 aliphatic carbocycles. The van der Waals surface area contributed by atoms with Crippen LogP contribution in [0.5, 0.6) is 0 Å². The van der Waals surface area contributed by atoms with Crippen LogP contribution in [0.15, 0.2) is 30.7 Å². The highest BCUT2D eigenvalue weighted by atomic mass is 16.2. The van der Waals surface area contributed by atoms with Crippen LogP contribution in [-0.4, -0.2) is 56.6 Å². The lowest BCUT2D eigenvalue weighted by atomic mass is 9.87. The molecule has 0 bridgehead atoms. The van der Waals surface area contributed by atoms with E-state index in [9.17, 15) is 4.79 Å². The highest BCUT2D eigenvalue weighted by molar-refractivity contribution is 5.92. The number of pyridine rings is 1. The van der Waals surface area contributed by atoms with Crippen molar-refractivity contribution in [2.75, 3.05) is 26.2 Å². The molecule has 4 aromatic rings. The van der Waals surface area contributed by atoms with Gasteiger partial charge in [0.2, 0.25) is 5.91 Å². The summed E-state index contributed by atoms with van der Waals surface area (Å²) in [5, 5.41) is 9.00. The number of aromatic nitrogens is 4. The summed E-state index contributed by atoms with van der Waals surface area (Å²) in [7, 11) is 0. The fourth-order valence-corrected chi connectivity index (χ4v) is 5.79. The molecule has 7 nitrogen and oxygen atoms in total. The Morgan fingerprint density at radius 3 is 2.59 bits per heavy atom. The van der Waals surface area contributed by atoms with Gasteiger partial charge in [-0.25, -0.2) is 9.50 Å². The minimum Gasteiger partial charge on any atom is -0.354 e. The van der Waals surface area contributed by atoms with E-state index in [-0.39, 0.29) is 5.91 Å². The Morgan fingerprint density at radius 2 is 1.89 bits per heavy atom. The van der Waals surface area contributed by atoms with Crippen LogP contribution in [0.1, 0.15) is 74.6 Å². The first-order chi connectivity index (χ1) is 17.7. The first-order valence-electron chi connectivity index (χ1n) is 13.7. The topological polar surface area (TPSA) is 78.3 Å². The maximum Gasteiger partial charge on any atom is 0.236 e. The van der Waals surface area contributed by atoms with E-state index in [1.165, 1.54) is 38.9 Å². The van der Waals surface area contributed by atoms with Gasteiger partial charge in [-0.05, 0) is 85.4 Å². The predicted molar refractivity (Wildman–Crippen MR) is 150 cm³/mol. The van der Waals surface area contributed by atoms with E-state index in [2.05, 4.69) is 86.3 Å². The summed E-state index contributed by atoms with van der Waals surface area (Å²) in [6.07, 6.45) is 5.74. The highest BCUT2D eigenvalue weighted by Crippen LogP contribution is 2.39. The molecule has 3 aromatic heterocycles. The van der Waals surface area contributed by atoms with Crippen LogP contribution in [0.3, 0.4) is 0 Å². The first-order valence-corrected chi connectivity index (χ1v) is 13.7. The van der Waals surface area contributed by atoms with E-state index in [1.54, 1.807) is 6.33 Å². The van der Waals surface area contributed by atoms with Crippen LogP contribution in [0.2, 0.25) is 0 Å². The summed E-state index contributed by atoms with van der Waals surface area (Å²) in [5.41, 5.74) is 9.55. The average molecular weight is 501 g/mol. The van der Waals surface area contributed by atoms with Gasteiger partial charge in [-0.2, -0.15) is 5.10 Å². The lowest BCUT2D eigenvalue weighted by molar-refractivity contribution is -0.131. The van der Waals surface area contributed by atoms with Crippen molar-refractivity contribution in [1.29, 1.82) is 0 Å². The van der Waals surface area contributed by atoms with Crippen LogP contribution in [0.25, 0.3) is 27.8 Å². The molecule has 1 aliphatic heterocycles. The zero-order valence-corrected chi connectivity index (χ0v) is 23.1. The molecule has 0 saturated carbocycles. The van der Waals surface area contributed by atoms with Crippen molar-refractivity contribution in [1.82, 2.24) is 29.8 Å². The van der Waals surface area contributed by atoms with Gasteiger partial charge in [-0.1, -0.05) is 33.8 Å². The van der Waals surface area contributed by atoms with Gasteiger partial charge < -0.3 is 15.2 Å². The van der Waals surface area contributed by atoms with E-state index in [0.717, 1.165) is 43.7 Å². The number of H-pyrrole nitrogens is 1. The molecule has 1 aromatic carbocycles. The van der Waals surface area contributed by atoms with Crippen LogP contribution in [-0.2, 0) is 4.79 Å². The lowest BCUT2D eigenvalue weighted by Crippen LogP contribution is -2.43. The second-order valence-corrected chi connectivity index (χ2v) is 11.4. The van der Waals surface area contributed by atoms with Crippen molar-refractivity contribution in [3.05, 3.63) is 53.0 Å². The number of amides is 1. The van der Waals surface area contributed by atoms with E-state index in [4.69, 9.17) is 0 Å². The third-order valence-electron chi connectivity index (χ3n) is 7.98. The van der Waals surface area contributed by atoms with Crippen LogP contribution in [0.4, 0.5) is 0 Å². The summed E-state index contributed by atoms with van der Waals surface area (Å²) in [5.74, 6) is 1.62. The quantitative estimate of drug-likeness (QED) is 0.348. The van der Waals surface area contributed by atoms with Crippen molar-refractivity contribution in [3.8, 4) is 11.3 Å². The standard InChI is InChI=1S/C30H40N6O/c1-18(2)14-31-15-27(37)35-11-9-22(10-12-35)23-7-8-26-24(13-23)28(19(3)4)29(34-26)25-16-36-30(32-17-33-36)21(6)20(25)5/h7-8,13,16-19,22,31,34H,9-12,14-15H2,1-6H3. The molecule has 1 fully saturated rings. The number of piperidine rings is 1. The van der Waals surface area contributed by atoms with E-state index < -0.39 is 0 Å². The molecular weight excluding hydrogens is 460 g/mol. The molecule has 0 unspecified atom stereocenters. The smallest absolute Gasteiger partial charge is 0.236 e. The Morgan fingerprint density at radius 1 is 1.14 bits per heavy atom. The van der Waals surface area contributed by atoms with Gasteiger partial charge in [-0.3, -0.25) is 4.79 Å². The number of aryl methyl sites for hydroxylation is 1. The molecule has 2 N–H and O–H groups in total. The Bertz CT molecular complexity index is 1420. The minimum absolute atomic E-state index is 0.224. The van der Waals surface area contributed by atoms with Crippen LogP contribution in [0, 0.1) is 19.8 Å². The van der Waals surface area contributed by atoms with Gasteiger partial charge in [0.15, 0.2) is 5.65 Å². The zero-order chi connectivity index (χ0) is 26.3. The number of hydrogen-bond acceptors (Lipinski definition) is 4. The summed E-state index contributed by atoms with van der Waals surface area (Å²) in [4.78, 5) is 22.8. The fraction of sp³-hybridized carbons (Fsp3) is 0.500. The van der Waals surface area contributed by atoms with Gasteiger partial charge in [0.05, 0.1) is 12.2 Å². The van der Waals surface area contributed by atoms with Crippen LogP contribution >= 0.6 is 0 Å². The third-order valence-corrected chi connectivity index (χ3v) is 7.98. The second-order valence-electron chi connectivity index (χ2n) is 11.4. The molecule has 5 rings (SSSR count). The number of carbonyl (C=O) groups excluding carboxylic acids is 1. The average Bonchev–Trinajstić information content (AvgIpc) is 3.50. The highest BCUT2D eigenvalue weighted by Gasteiger charge is 2.25. The summed E-state index contributed by atoms with van der Waals surface area (Å²) >= 11 is 0. The number of hydrogen-bond donors (Lipinski definition) is 2. The molecule has 37 heavy (non-hydrogen) atoms. The number of likely N-dealkylation sites (tertiary alicyclic amines) is 1. The Kier molecular flexibility index (Phi) is 7.08. The lowest BCUT2D eigenvalue weighted by Gasteiger charge is -2.32. The Hall–Kier alpha value is -3.19. The number of nitrogens with one attached hydrogen (secondary N) is 2. The number of fused-ring (bicyclic) bond motifs is 2. The van der Waals surface area contributed by atoms with Crippen molar-refractivity contribution < 1.29 is 4.79 Å². The number of nitrogens with zero attached hydrogens (tertiary/aromatic N) is 4. The zero-order valence-electron chi connectivity index (χ0n) is 23.1. The van der Waals surface area contributed by atoms with Crippen molar-refractivity contribution >= 4 is 22.5 Å². The van der Waals surface area contributed by atoms with Gasteiger partial charge in [0, 0.05) is 35.8 Å². The molecule has 0 spiro atoms. The fourth-order valence-electron chi connectivity index (χ4n) is 5.79. The summed E-state index contributed by atoms with van der Waals surface area (Å²) in [6, 6.07) is 6.91. The van der Waals surface area contributed by atoms with Gasteiger partial charge in [0.1, 0.15) is 6.33 Å². The Labute approximate surface area is 219 Å². The van der Waals surface area contributed by atoms with Crippen molar-refractivity contribution in [2.45, 2.75) is 66.2 Å². The van der Waals surface area contributed by atoms with E-state index in [1.807, 2.05) is 9.42 Å². The number of aromatic amines is 1. The maximum absolute atomic E-state index is 12.6. The van der Waals surface area contributed by atoms with Gasteiger partial charge >= 0.3 is 0 Å². The number of carbonyl (C=O) groups is 1. The van der Waals surface area contributed by atoms with Crippen LogP contribution < -0.4 is 5.32 Å². The molecule has 196 valence electrons. The van der Waals surface area contributed by atoms with E-state index >= 15 is 0 Å². The Balaban J connectivity index is 1.41. The normalized spacial score (nSPS) is 15.1. The molecule has 0 radical (unpaired) electrons. The molecule has 1 saturated heterocycles. The largest absolute Gasteiger partial charge is 0.354 e. The minimum atomic E-state index is 0.224. The summed E-state index contributed by atoms with van der Waals surface area (Å²) < 4.78 is 1.88. The molecule has 0 atom stereocenters. The molecule has 1 amide bonds. The second kappa shape index (κ2) is 10.3. The van der Waals surface area contributed by atoms with Gasteiger partial charge in [0.25, 0.3) is 0 Å². The van der Waals surface area contributed by atoms with E-state index in [0.29, 0.717) is 24.3 Å². The first kappa shape index (κ1) is 25.5. The summed E-state index contributed by atoms with van der Waals surface area (Å²) in [6.45, 7) is 16.1. The maximum atomic E-state index is 12.6. The SMILES string of the molecule is Cc1c(-c2[nH]c3ccc(C4CCN(C(=O)CNCC(C)C)CC4)cc3c2C(C)C)cn2ncnc2c1C. The number of benzene rings is 1. The predicted octanol–water partition coefficient (Wildman–Crippen LogP) is 5.57. The monoisotopic (exact) mass is 500 g/mol. The van der Waals surface area contributed by atoms with Crippen molar-refractivity contribution in [3.63, 3.8) is 0 Å².